The van der Waals surface area contributed by atoms with Crippen molar-refractivity contribution in [3.63, 3.8) is 0 Å². The number of aryl methyl sites for hydroxylation is 1. The number of nitrogens with one attached hydrogen (secondary N) is 1. The molecule has 5 heteroatoms. The van der Waals surface area contributed by atoms with E-state index in [2.05, 4.69) is 31.3 Å². The molecule has 2 aromatic rings. The van der Waals surface area contributed by atoms with Gasteiger partial charge in [0.25, 0.3) is 5.91 Å². The molecule has 132 valence electrons. The molecule has 0 spiro atoms. The summed E-state index contributed by atoms with van der Waals surface area (Å²) < 4.78 is 5.45. The maximum absolute atomic E-state index is 11.8. The van der Waals surface area contributed by atoms with Gasteiger partial charge in [0.1, 0.15) is 11.5 Å². The molecule has 0 aliphatic rings. The highest BCUT2D eigenvalue weighted by atomic mass is 16.5. The van der Waals surface area contributed by atoms with Gasteiger partial charge in [-0.25, -0.2) is 5.43 Å². The molecule has 0 saturated carbocycles. The van der Waals surface area contributed by atoms with E-state index < -0.39 is 0 Å². The molecular weight excluding hydrogens is 316 g/mol. The quantitative estimate of drug-likeness (QED) is 0.646. The smallest absolute Gasteiger partial charge is 0.277 e. The Morgan fingerprint density at radius 3 is 2.64 bits per heavy atom. The van der Waals surface area contributed by atoms with Gasteiger partial charge in [-0.2, -0.15) is 5.10 Å². The molecule has 0 aliphatic heterocycles. The molecule has 2 rings (SSSR count). The SMILES string of the molecule is Cc1ccccc1OCC(=O)N/N=C\c1cc(C(C)(C)C)ccc1O. The summed E-state index contributed by atoms with van der Waals surface area (Å²) in [6.07, 6.45) is 1.43. The number of phenolic OH excluding ortho intramolecular Hbond substituents is 1. The lowest BCUT2D eigenvalue weighted by atomic mass is 9.86. The molecule has 25 heavy (non-hydrogen) atoms. The van der Waals surface area contributed by atoms with Crippen LogP contribution in [0, 0.1) is 6.92 Å². The lowest BCUT2D eigenvalue weighted by molar-refractivity contribution is -0.123. The average Bonchev–Trinajstić information content (AvgIpc) is 2.55. The van der Waals surface area contributed by atoms with Crippen LogP contribution in [-0.4, -0.2) is 23.8 Å². The lowest BCUT2D eigenvalue weighted by Crippen LogP contribution is -2.24. The average molecular weight is 340 g/mol. The first-order valence-corrected chi connectivity index (χ1v) is 8.11. The van der Waals surface area contributed by atoms with Gasteiger partial charge in [-0.05, 0) is 41.7 Å². The summed E-state index contributed by atoms with van der Waals surface area (Å²) in [7, 11) is 0. The number of hydrazone groups is 1. The van der Waals surface area contributed by atoms with Crippen molar-refractivity contribution >= 4 is 12.1 Å². The van der Waals surface area contributed by atoms with Crippen LogP contribution in [-0.2, 0) is 10.2 Å². The van der Waals surface area contributed by atoms with E-state index in [-0.39, 0.29) is 23.7 Å². The van der Waals surface area contributed by atoms with Crippen molar-refractivity contribution in [2.45, 2.75) is 33.1 Å². The Morgan fingerprint density at radius 1 is 1.24 bits per heavy atom. The predicted molar refractivity (Wildman–Crippen MR) is 99.2 cm³/mol. The lowest BCUT2D eigenvalue weighted by Gasteiger charge is -2.19. The van der Waals surface area contributed by atoms with E-state index in [1.807, 2.05) is 43.3 Å². The number of aromatic hydroxyl groups is 1. The first kappa shape index (κ1) is 18.5. The number of phenols is 1. The Kier molecular flexibility index (Phi) is 5.80. The highest BCUT2D eigenvalue weighted by molar-refractivity contribution is 5.85. The van der Waals surface area contributed by atoms with Crippen molar-refractivity contribution in [2.75, 3.05) is 6.61 Å². The zero-order valence-corrected chi connectivity index (χ0v) is 15.0. The van der Waals surface area contributed by atoms with Crippen molar-refractivity contribution in [1.29, 1.82) is 0 Å². The third-order valence-corrected chi connectivity index (χ3v) is 3.74. The van der Waals surface area contributed by atoms with Crippen LogP contribution in [0.2, 0.25) is 0 Å². The number of ether oxygens (including phenoxy) is 1. The first-order valence-electron chi connectivity index (χ1n) is 8.11. The van der Waals surface area contributed by atoms with Crippen LogP contribution in [0.3, 0.4) is 0 Å². The summed E-state index contributed by atoms with van der Waals surface area (Å²) in [5.74, 6) is 0.408. The number of hydrogen-bond donors (Lipinski definition) is 2. The number of benzene rings is 2. The molecule has 0 radical (unpaired) electrons. The third kappa shape index (κ3) is 5.35. The predicted octanol–water partition coefficient (Wildman–Crippen LogP) is 3.53. The summed E-state index contributed by atoms with van der Waals surface area (Å²) >= 11 is 0. The topological polar surface area (TPSA) is 70.9 Å². The second-order valence-corrected chi connectivity index (χ2v) is 6.87. The van der Waals surface area contributed by atoms with Gasteiger partial charge in [0.05, 0.1) is 6.21 Å². The van der Waals surface area contributed by atoms with Crippen LogP contribution in [0.1, 0.15) is 37.5 Å². The molecule has 0 unspecified atom stereocenters. The van der Waals surface area contributed by atoms with Crippen LogP contribution < -0.4 is 10.2 Å². The van der Waals surface area contributed by atoms with E-state index >= 15 is 0 Å². The van der Waals surface area contributed by atoms with Crippen molar-refractivity contribution < 1.29 is 14.6 Å². The van der Waals surface area contributed by atoms with Gasteiger partial charge in [-0.15, -0.1) is 0 Å². The van der Waals surface area contributed by atoms with Crippen LogP contribution in [0.4, 0.5) is 0 Å². The van der Waals surface area contributed by atoms with E-state index in [1.54, 1.807) is 6.07 Å². The molecule has 2 N–H and O–H groups in total. The van der Waals surface area contributed by atoms with Crippen LogP contribution in [0.5, 0.6) is 11.5 Å². The fourth-order valence-corrected chi connectivity index (χ4v) is 2.19. The van der Waals surface area contributed by atoms with Gasteiger partial charge in [0.2, 0.25) is 0 Å². The Morgan fingerprint density at radius 2 is 1.96 bits per heavy atom. The minimum Gasteiger partial charge on any atom is -0.507 e. The number of nitrogens with zero attached hydrogens (tertiary/aromatic N) is 1. The van der Waals surface area contributed by atoms with Crippen molar-refractivity contribution in [3.05, 3.63) is 59.2 Å². The monoisotopic (exact) mass is 340 g/mol. The highest BCUT2D eigenvalue weighted by Crippen LogP contribution is 2.26. The molecular formula is C20H24N2O3. The second-order valence-electron chi connectivity index (χ2n) is 6.87. The van der Waals surface area contributed by atoms with Gasteiger partial charge in [0.15, 0.2) is 6.61 Å². The van der Waals surface area contributed by atoms with Crippen LogP contribution in [0.15, 0.2) is 47.6 Å². The Balaban J connectivity index is 1.94. The zero-order chi connectivity index (χ0) is 18.4. The number of carbonyl (C=O) groups is 1. The number of amides is 1. The van der Waals surface area contributed by atoms with E-state index in [0.717, 1.165) is 11.1 Å². The summed E-state index contributed by atoms with van der Waals surface area (Å²) in [6.45, 7) is 8.05. The fourth-order valence-electron chi connectivity index (χ4n) is 2.19. The third-order valence-electron chi connectivity index (χ3n) is 3.74. The summed E-state index contributed by atoms with van der Waals surface area (Å²) in [5.41, 5.74) is 4.94. The summed E-state index contributed by atoms with van der Waals surface area (Å²) in [5, 5.41) is 13.8. The Labute approximate surface area is 148 Å². The molecule has 0 atom stereocenters. The fraction of sp³-hybridized carbons (Fsp3) is 0.300. The second kappa shape index (κ2) is 7.83. The number of hydrogen-bond acceptors (Lipinski definition) is 4. The van der Waals surface area contributed by atoms with E-state index in [1.165, 1.54) is 6.21 Å². The minimum absolute atomic E-state index is 0.0408. The molecule has 0 aromatic heterocycles. The Hall–Kier alpha value is -2.82. The number of para-hydroxylation sites is 1. The maximum Gasteiger partial charge on any atom is 0.277 e. The van der Waals surface area contributed by atoms with Gasteiger partial charge < -0.3 is 9.84 Å². The molecule has 0 fully saturated rings. The Bertz CT molecular complexity index is 777. The largest absolute Gasteiger partial charge is 0.507 e. The normalized spacial score (nSPS) is 11.5. The number of rotatable bonds is 5. The first-order chi connectivity index (χ1) is 11.8. The molecule has 1 amide bonds. The van der Waals surface area contributed by atoms with Gasteiger partial charge in [0, 0.05) is 5.56 Å². The van der Waals surface area contributed by atoms with Crippen LogP contribution >= 0.6 is 0 Å². The van der Waals surface area contributed by atoms with Crippen molar-refractivity contribution in [1.82, 2.24) is 5.43 Å². The molecule has 2 aromatic carbocycles. The van der Waals surface area contributed by atoms with E-state index in [4.69, 9.17) is 4.74 Å². The van der Waals surface area contributed by atoms with Gasteiger partial charge in [-0.1, -0.05) is 45.0 Å². The van der Waals surface area contributed by atoms with Crippen molar-refractivity contribution in [3.8, 4) is 11.5 Å². The highest BCUT2D eigenvalue weighted by Gasteiger charge is 2.14. The summed E-state index contributed by atoms with van der Waals surface area (Å²) in [6, 6.07) is 12.8. The standard InChI is InChI=1S/C20H24N2O3/c1-14-7-5-6-8-18(14)25-13-19(24)22-21-12-15-11-16(20(2,3)4)9-10-17(15)23/h5-12,23H,13H2,1-4H3,(H,22,24)/b21-12-. The maximum atomic E-state index is 11.8. The molecule has 0 heterocycles. The number of carbonyl (C=O) groups excluding carboxylic acids is 1. The molecule has 5 nitrogen and oxygen atoms in total. The summed E-state index contributed by atoms with van der Waals surface area (Å²) in [4.78, 5) is 11.8. The minimum atomic E-state index is -0.369. The van der Waals surface area contributed by atoms with E-state index in [9.17, 15) is 9.90 Å². The molecule has 0 bridgehead atoms. The van der Waals surface area contributed by atoms with Gasteiger partial charge >= 0.3 is 0 Å². The zero-order valence-electron chi connectivity index (χ0n) is 15.0. The van der Waals surface area contributed by atoms with Gasteiger partial charge in [-0.3, -0.25) is 4.79 Å². The van der Waals surface area contributed by atoms with Crippen LogP contribution in [0.25, 0.3) is 0 Å². The molecule has 0 aliphatic carbocycles. The molecule has 0 saturated heterocycles. The van der Waals surface area contributed by atoms with E-state index in [0.29, 0.717) is 11.3 Å². The van der Waals surface area contributed by atoms with Crippen molar-refractivity contribution in [2.24, 2.45) is 5.10 Å².